The number of carbonyl (C=O) groups is 1. The summed E-state index contributed by atoms with van der Waals surface area (Å²) in [5, 5.41) is 4.66. The SMILES string of the molecule is Cn1ccc2c(Nc3cccc(Cl)c3)ncc(C(=O)N3CCS(=O)(=O)CC3)c21. The van der Waals surface area contributed by atoms with Crippen molar-refractivity contribution in [2.45, 2.75) is 0 Å². The van der Waals surface area contributed by atoms with E-state index in [-0.39, 0.29) is 30.5 Å². The zero-order chi connectivity index (χ0) is 19.9. The molecule has 0 saturated carbocycles. The Hall–Kier alpha value is -2.58. The van der Waals surface area contributed by atoms with Gasteiger partial charge >= 0.3 is 0 Å². The summed E-state index contributed by atoms with van der Waals surface area (Å²) < 4.78 is 25.2. The Labute approximate surface area is 167 Å². The van der Waals surface area contributed by atoms with E-state index in [0.717, 1.165) is 16.6 Å². The van der Waals surface area contributed by atoms with Crippen molar-refractivity contribution in [3.63, 3.8) is 0 Å². The van der Waals surface area contributed by atoms with Crippen molar-refractivity contribution >= 4 is 49.8 Å². The second-order valence-electron chi connectivity index (χ2n) is 6.79. The van der Waals surface area contributed by atoms with Gasteiger partial charge in [-0.3, -0.25) is 4.79 Å². The first-order valence-corrected chi connectivity index (χ1v) is 11.0. The van der Waals surface area contributed by atoms with E-state index in [1.165, 1.54) is 0 Å². The molecule has 0 atom stereocenters. The van der Waals surface area contributed by atoms with E-state index in [4.69, 9.17) is 11.6 Å². The molecule has 28 heavy (non-hydrogen) atoms. The number of aryl methyl sites for hydroxylation is 1. The molecule has 0 spiro atoms. The van der Waals surface area contributed by atoms with E-state index < -0.39 is 9.84 Å². The smallest absolute Gasteiger partial charge is 0.257 e. The summed E-state index contributed by atoms with van der Waals surface area (Å²) in [5.74, 6) is 0.410. The van der Waals surface area contributed by atoms with Crippen LogP contribution in [0.3, 0.4) is 0 Å². The number of pyridine rings is 1. The first-order valence-electron chi connectivity index (χ1n) is 8.80. The number of hydrogen-bond donors (Lipinski definition) is 1. The molecule has 0 radical (unpaired) electrons. The average Bonchev–Trinajstić information content (AvgIpc) is 3.04. The number of aromatic nitrogens is 2. The molecule has 7 nitrogen and oxygen atoms in total. The minimum absolute atomic E-state index is 0.00312. The Morgan fingerprint density at radius 3 is 2.68 bits per heavy atom. The second-order valence-corrected chi connectivity index (χ2v) is 9.53. The number of fused-ring (bicyclic) bond motifs is 1. The third-order valence-corrected chi connectivity index (χ3v) is 6.70. The standard InChI is InChI=1S/C19H19ClN4O3S/c1-23-6-5-15-17(23)16(19(25)24-7-9-28(26,27)10-8-24)12-21-18(15)22-14-4-2-3-13(20)11-14/h2-6,11-12H,7-10H2,1H3,(H,21,22). The van der Waals surface area contributed by atoms with E-state index in [0.29, 0.717) is 16.4 Å². The highest BCUT2D eigenvalue weighted by molar-refractivity contribution is 7.91. The van der Waals surface area contributed by atoms with Gasteiger partial charge in [0, 0.05) is 48.6 Å². The Balaban J connectivity index is 1.69. The molecule has 1 aromatic carbocycles. The third-order valence-electron chi connectivity index (χ3n) is 4.86. The maximum Gasteiger partial charge on any atom is 0.257 e. The highest BCUT2D eigenvalue weighted by Gasteiger charge is 2.28. The lowest BCUT2D eigenvalue weighted by Gasteiger charge is -2.27. The number of nitrogens with one attached hydrogen (secondary N) is 1. The normalized spacial score (nSPS) is 16.3. The quantitative estimate of drug-likeness (QED) is 0.707. The first kappa shape index (κ1) is 18.8. The second kappa shape index (κ2) is 7.10. The minimum atomic E-state index is -3.05. The average molecular weight is 419 g/mol. The van der Waals surface area contributed by atoms with Crippen LogP contribution in [0.5, 0.6) is 0 Å². The molecule has 3 heterocycles. The number of amides is 1. The van der Waals surface area contributed by atoms with Crippen LogP contribution in [0, 0.1) is 0 Å². The molecular formula is C19H19ClN4O3S. The summed E-state index contributed by atoms with van der Waals surface area (Å²) in [7, 11) is -1.19. The van der Waals surface area contributed by atoms with Gasteiger partial charge < -0.3 is 14.8 Å². The van der Waals surface area contributed by atoms with Crippen LogP contribution in [0.25, 0.3) is 10.9 Å². The van der Waals surface area contributed by atoms with Gasteiger partial charge in [0.25, 0.3) is 5.91 Å². The van der Waals surface area contributed by atoms with Crippen LogP contribution in [-0.4, -0.2) is 53.4 Å². The van der Waals surface area contributed by atoms with Gasteiger partial charge in [-0.15, -0.1) is 0 Å². The van der Waals surface area contributed by atoms with E-state index in [2.05, 4.69) is 10.3 Å². The largest absolute Gasteiger partial charge is 0.350 e. The fraction of sp³-hybridized carbons (Fsp3) is 0.263. The number of carbonyl (C=O) groups excluding carboxylic acids is 1. The fourth-order valence-electron chi connectivity index (χ4n) is 3.36. The molecule has 9 heteroatoms. The van der Waals surface area contributed by atoms with Crippen molar-refractivity contribution in [3.05, 3.63) is 53.3 Å². The summed E-state index contributed by atoms with van der Waals surface area (Å²) in [6.07, 6.45) is 3.41. The molecule has 2 aromatic heterocycles. The highest BCUT2D eigenvalue weighted by atomic mass is 35.5. The molecule has 0 bridgehead atoms. The monoisotopic (exact) mass is 418 g/mol. The van der Waals surface area contributed by atoms with Crippen LogP contribution in [0.15, 0.2) is 42.7 Å². The van der Waals surface area contributed by atoms with Gasteiger partial charge in [-0.1, -0.05) is 17.7 Å². The molecule has 1 aliphatic rings. The Bertz CT molecular complexity index is 1160. The van der Waals surface area contributed by atoms with E-state index in [1.54, 1.807) is 23.2 Å². The highest BCUT2D eigenvalue weighted by Crippen LogP contribution is 2.29. The molecule has 4 rings (SSSR count). The lowest BCUT2D eigenvalue weighted by Crippen LogP contribution is -2.43. The lowest BCUT2D eigenvalue weighted by molar-refractivity contribution is 0.0771. The van der Waals surface area contributed by atoms with E-state index in [1.807, 2.05) is 36.0 Å². The predicted octanol–water partition coefficient (Wildman–Crippen LogP) is 2.84. The fourth-order valence-corrected chi connectivity index (χ4v) is 4.75. The minimum Gasteiger partial charge on any atom is -0.350 e. The molecule has 0 aliphatic carbocycles. The summed E-state index contributed by atoms with van der Waals surface area (Å²) in [4.78, 5) is 19.1. The molecule has 0 unspecified atom stereocenters. The number of hydrogen-bond acceptors (Lipinski definition) is 5. The predicted molar refractivity (Wildman–Crippen MR) is 110 cm³/mol. The zero-order valence-electron chi connectivity index (χ0n) is 15.2. The topological polar surface area (TPSA) is 84.3 Å². The number of anilines is 2. The Morgan fingerprint density at radius 1 is 1.21 bits per heavy atom. The molecule has 1 N–H and O–H groups in total. The maximum absolute atomic E-state index is 13.0. The number of halogens is 1. The summed E-state index contributed by atoms with van der Waals surface area (Å²) >= 11 is 6.05. The Morgan fingerprint density at radius 2 is 1.96 bits per heavy atom. The van der Waals surface area contributed by atoms with E-state index >= 15 is 0 Å². The summed E-state index contributed by atoms with van der Waals surface area (Å²) in [6.45, 7) is 0.408. The number of rotatable bonds is 3. The lowest BCUT2D eigenvalue weighted by atomic mass is 10.1. The van der Waals surface area contributed by atoms with Crippen molar-refractivity contribution < 1.29 is 13.2 Å². The molecule has 1 saturated heterocycles. The molecule has 1 amide bonds. The van der Waals surface area contributed by atoms with Gasteiger partial charge in [0.2, 0.25) is 0 Å². The third kappa shape index (κ3) is 3.57. The van der Waals surface area contributed by atoms with Gasteiger partial charge in [-0.05, 0) is 24.3 Å². The van der Waals surface area contributed by atoms with Crippen molar-refractivity contribution in [1.29, 1.82) is 0 Å². The van der Waals surface area contributed by atoms with Crippen LogP contribution < -0.4 is 5.32 Å². The van der Waals surface area contributed by atoms with Crippen LogP contribution >= 0.6 is 11.6 Å². The van der Waals surface area contributed by atoms with Gasteiger partial charge in [0.15, 0.2) is 9.84 Å². The maximum atomic E-state index is 13.0. The summed E-state index contributed by atoms with van der Waals surface area (Å²) in [6, 6.07) is 9.21. The number of benzene rings is 1. The van der Waals surface area contributed by atoms with Crippen molar-refractivity contribution in [3.8, 4) is 0 Å². The van der Waals surface area contributed by atoms with Gasteiger partial charge in [-0.25, -0.2) is 13.4 Å². The molecule has 3 aromatic rings. The summed E-state index contributed by atoms with van der Waals surface area (Å²) in [5.41, 5.74) is 2.00. The first-order chi connectivity index (χ1) is 13.3. The number of sulfone groups is 1. The van der Waals surface area contributed by atoms with Gasteiger partial charge in [0.1, 0.15) is 5.82 Å². The van der Waals surface area contributed by atoms with Crippen LogP contribution in [-0.2, 0) is 16.9 Å². The van der Waals surface area contributed by atoms with Crippen LogP contribution in [0.1, 0.15) is 10.4 Å². The number of nitrogens with zero attached hydrogens (tertiary/aromatic N) is 3. The zero-order valence-corrected chi connectivity index (χ0v) is 16.8. The molecule has 146 valence electrons. The molecular weight excluding hydrogens is 400 g/mol. The van der Waals surface area contributed by atoms with Gasteiger partial charge in [0.05, 0.1) is 22.6 Å². The Kier molecular flexibility index (Phi) is 4.76. The molecule has 1 aliphatic heterocycles. The van der Waals surface area contributed by atoms with Crippen LogP contribution in [0.4, 0.5) is 11.5 Å². The van der Waals surface area contributed by atoms with E-state index in [9.17, 15) is 13.2 Å². The molecule has 1 fully saturated rings. The van der Waals surface area contributed by atoms with Crippen LogP contribution in [0.2, 0.25) is 5.02 Å². The van der Waals surface area contributed by atoms with Gasteiger partial charge in [-0.2, -0.15) is 0 Å². The van der Waals surface area contributed by atoms with Crippen molar-refractivity contribution in [2.24, 2.45) is 7.05 Å². The van der Waals surface area contributed by atoms with Crippen molar-refractivity contribution in [1.82, 2.24) is 14.5 Å². The van der Waals surface area contributed by atoms with Crippen molar-refractivity contribution in [2.75, 3.05) is 29.9 Å².